The average molecular weight is 387 g/mol. The fraction of sp³-hybridized carbons (Fsp3) is 0.900. The van der Waals surface area contributed by atoms with Gasteiger partial charge in [0, 0.05) is 18.0 Å². The minimum absolute atomic E-state index is 0.221. The van der Waals surface area contributed by atoms with Crippen LogP contribution in [0, 0.1) is 17.8 Å². The Balaban J connectivity index is 3.04. The summed E-state index contributed by atoms with van der Waals surface area (Å²) in [7, 11) is 1.30. The standard InChI is InChI=1S/C20H38N2O5/c1-7-9-12(10-8-2)16(21)15-14(22-19(25)27-20(3,4)5)11-13(17(15)23)18(24)26-6/h12-17,23H,7-11,21H2,1-6H3,(H,22,25). The van der Waals surface area contributed by atoms with Crippen molar-refractivity contribution in [2.24, 2.45) is 23.5 Å². The van der Waals surface area contributed by atoms with Gasteiger partial charge in [0.2, 0.25) is 0 Å². The molecule has 0 saturated heterocycles. The molecule has 0 heterocycles. The van der Waals surface area contributed by atoms with Crippen LogP contribution < -0.4 is 11.1 Å². The van der Waals surface area contributed by atoms with Crippen molar-refractivity contribution in [3.8, 4) is 0 Å². The summed E-state index contributed by atoms with van der Waals surface area (Å²) in [4.78, 5) is 24.4. The van der Waals surface area contributed by atoms with Crippen molar-refractivity contribution in [2.75, 3.05) is 7.11 Å². The van der Waals surface area contributed by atoms with Crippen LogP contribution in [0.5, 0.6) is 0 Å². The van der Waals surface area contributed by atoms with Gasteiger partial charge in [-0.15, -0.1) is 0 Å². The number of carbonyl (C=O) groups excluding carboxylic acids is 2. The first-order chi connectivity index (χ1) is 12.6. The second-order valence-corrected chi connectivity index (χ2v) is 8.60. The highest BCUT2D eigenvalue weighted by molar-refractivity contribution is 5.74. The zero-order valence-corrected chi connectivity index (χ0v) is 17.7. The average Bonchev–Trinajstić information content (AvgIpc) is 2.87. The normalized spacial score (nSPS) is 26.7. The summed E-state index contributed by atoms with van der Waals surface area (Å²) < 4.78 is 10.2. The van der Waals surface area contributed by atoms with Crippen LogP contribution in [0.25, 0.3) is 0 Å². The van der Waals surface area contributed by atoms with Crippen LogP contribution in [-0.2, 0) is 14.3 Å². The smallest absolute Gasteiger partial charge is 0.407 e. The van der Waals surface area contributed by atoms with Gasteiger partial charge >= 0.3 is 12.1 Å². The predicted octanol–water partition coefficient (Wildman–Crippen LogP) is 2.59. The van der Waals surface area contributed by atoms with E-state index in [2.05, 4.69) is 19.2 Å². The highest BCUT2D eigenvalue weighted by atomic mass is 16.6. The number of aliphatic hydroxyl groups excluding tert-OH is 1. The summed E-state index contributed by atoms with van der Waals surface area (Å²) in [5.74, 6) is -1.38. The molecule has 1 saturated carbocycles. The maximum absolute atomic E-state index is 12.3. The summed E-state index contributed by atoms with van der Waals surface area (Å²) in [5, 5.41) is 13.7. The van der Waals surface area contributed by atoms with Crippen molar-refractivity contribution < 1.29 is 24.2 Å². The largest absolute Gasteiger partial charge is 0.469 e. The van der Waals surface area contributed by atoms with E-state index in [-0.39, 0.29) is 18.4 Å². The van der Waals surface area contributed by atoms with E-state index in [0.717, 1.165) is 25.7 Å². The fourth-order valence-corrected chi connectivity index (χ4v) is 4.16. The second kappa shape index (κ2) is 10.3. The molecule has 158 valence electrons. The molecule has 5 unspecified atom stereocenters. The summed E-state index contributed by atoms with van der Waals surface area (Å²) >= 11 is 0. The quantitative estimate of drug-likeness (QED) is 0.553. The number of hydrogen-bond acceptors (Lipinski definition) is 6. The molecule has 4 N–H and O–H groups in total. The fourth-order valence-electron chi connectivity index (χ4n) is 4.16. The Morgan fingerprint density at radius 2 is 1.78 bits per heavy atom. The van der Waals surface area contributed by atoms with E-state index in [0.29, 0.717) is 0 Å². The van der Waals surface area contributed by atoms with Crippen LogP contribution in [0.2, 0.25) is 0 Å². The van der Waals surface area contributed by atoms with Gasteiger partial charge in [-0.25, -0.2) is 4.79 Å². The third-order valence-corrected chi connectivity index (χ3v) is 5.29. The van der Waals surface area contributed by atoms with Crippen LogP contribution >= 0.6 is 0 Å². The first-order valence-corrected chi connectivity index (χ1v) is 10.1. The topological polar surface area (TPSA) is 111 Å². The lowest BCUT2D eigenvalue weighted by Crippen LogP contribution is -2.51. The van der Waals surface area contributed by atoms with Gasteiger partial charge in [0.15, 0.2) is 0 Å². The zero-order chi connectivity index (χ0) is 20.8. The molecule has 0 radical (unpaired) electrons. The molecule has 0 aromatic rings. The maximum Gasteiger partial charge on any atom is 0.407 e. The number of alkyl carbamates (subject to hydrolysis) is 1. The van der Waals surface area contributed by atoms with Gasteiger partial charge in [-0.2, -0.15) is 0 Å². The summed E-state index contributed by atoms with van der Waals surface area (Å²) in [5.41, 5.74) is 5.95. The van der Waals surface area contributed by atoms with Crippen LogP contribution in [-0.4, -0.2) is 48.1 Å². The van der Waals surface area contributed by atoms with Gasteiger partial charge in [-0.05, 0) is 46.0 Å². The molecule has 5 atom stereocenters. The number of nitrogens with one attached hydrogen (secondary N) is 1. The minimum Gasteiger partial charge on any atom is -0.469 e. The molecule has 0 bridgehead atoms. The summed E-state index contributed by atoms with van der Waals surface area (Å²) in [6.45, 7) is 9.57. The summed E-state index contributed by atoms with van der Waals surface area (Å²) in [6, 6.07) is -0.764. The van der Waals surface area contributed by atoms with Crippen LogP contribution in [0.3, 0.4) is 0 Å². The van der Waals surface area contributed by atoms with Crippen molar-refractivity contribution >= 4 is 12.1 Å². The number of methoxy groups -OCH3 is 1. The van der Waals surface area contributed by atoms with Gasteiger partial charge in [0.1, 0.15) is 5.60 Å². The number of hydrogen-bond donors (Lipinski definition) is 3. The molecular formula is C20H38N2O5. The Bertz CT molecular complexity index is 485. The number of aliphatic hydroxyl groups is 1. The predicted molar refractivity (Wildman–Crippen MR) is 104 cm³/mol. The van der Waals surface area contributed by atoms with Gasteiger partial charge in [0.05, 0.1) is 19.1 Å². The lowest BCUT2D eigenvalue weighted by Gasteiger charge is -2.34. The van der Waals surface area contributed by atoms with E-state index in [9.17, 15) is 14.7 Å². The third-order valence-electron chi connectivity index (χ3n) is 5.29. The SMILES string of the molecule is CCCC(CCC)C(N)C1C(NC(=O)OC(C)(C)C)CC(C(=O)OC)C1O. The number of rotatable bonds is 8. The van der Waals surface area contributed by atoms with Gasteiger partial charge < -0.3 is 25.6 Å². The molecular weight excluding hydrogens is 348 g/mol. The van der Waals surface area contributed by atoms with E-state index in [1.807, 2.05) is 0 Å². The van der Waals surface area contributed by atoms with E-state index < -0.39 is 41.6 Å². The van der Waals surface area contributed by atoms with Gasteiger partial charge in [-0.3, -0.25) is 4.79 Å². The molecule has 0 aliphatic heterocycles. The van der Waals surface area contributed by atoms with E-state index in [1.165, 1.54) is 7.11 Å². The van der Waals surface area contributed by atoms with E-state index in [4.69, 9.17) is 15.2 Å². The zero-order valence-electron chi connectivity index (χ0n) is 17.7. The molecule has 1 aliphatic rings. The highest BCUT2D eigenvalue weighted by Gasteiger charge is 2.50. The van der Waals surface area contributed by atoms with Crippen LogP contribution in [0.15, 0.2) is 0 Å². The first kappa shape index (κ1) is 23.7. The number of nitrogens with two attached hydrogens (primary N) is 1. The summed E-state index contributed by atoms with van der Waals surface area (Å²) in [6.07, 6.45) is 2.64. The molecule has 1 rings (SSSR count). The van der Waals surface area contributed by atoms with Crippen molar-refractivity contribution in [1.82, 2.24) is 5.32 Å². The molecule has 27 heavy (non-hydrogen) atoms. The van der Waals surface area contributed by atoms with Gasteiger partial charge in [0.25, 0.3) is 0 Å². The number of esters is 1. The molecule has 7 nitrogen and oxygen atoms in total. The van der Waals surface area contributed by atoms with Crippen molar-refractivity contribution in [2.45, 2.75) is 90.5 Å². The molecule has 0 aromatic carbocycles. The Labute approximate surface area is 163 Å². The van der Waals surface area contributed by atoms with Crippen LogP contribution in [0.4, 0.5) is 4.79 Å². The molecule has 0 spiro atoms. The monoisotopic (exact) mass is 386 g/mol. The van der Waals surface area contributed by atoms with Crippen molar-refractivity contribution in [1.29, 1.82) is 0 Å². The Morgan fingerprint density at radius 3 is 2.22 bits per heavy atom. The first-order valence-electron chi connectivity index (χ1n) is 10.1. The lowest BCUT2D eigenvalue weighted by molar-refractivity contribution is -0.149. The second-order valence-electron chi connectivity index (χ2n) is 8.60. The Hall–Kier alpha value is -1.34. The Morgan fingerprint density at radius 1 is 1.22 bits per heavy atom. The van der Waals surface area contributed by atoms with Crippen molar-refractivity contribution in [3.05, 3.63) is 0 Å². The number of amides is 1. The molecule has 1 aliphatic carbocycles. The molecule has 1 fully saturated rings. The minimum atomic E-state index is -0.955. The van der Waals surface area contributed by atoms with Crippen molar-refractivity contribution in [3.63, 3.8) is 0 Å². The van der Waals surface area contributed by atoms with E-state index in [1.54, 1.807) is 20.8 Å². The van der Waals surface area contributed by atoms with Crippen LogP contribution in [0.1, 0.15) is 66.7 Å². The number of carbonyl (C=O) groups is 2. The molecule has 1 amide bonds. The highest BCUT2D eigenvalue weighted by Crippen LogP contribution is 2.38. The Kier molecular flexibility index (Phi) is 9.02. The lowest BCUT2D eigenvalue weighted by atomic mass is 9.79. The molecule has 0 aromatic heterocycles. The third kappa shape index (κ3) is 6.64. The molecule has 7 heteroatoms. The number of ether oxygens (including phenoxy) is 2. The van der Waals surface area contributed by atoms with Gasteiger partial charge in [-0.1, -0.05) is 26.7 Å². The maximum atomic E-state index is 12.3. The van der Waals surface area contributed by atoms with E-state index >= 15 is 0 Å².